The molecule has 2 fully saturated rings. The van der Waals surface area contributed by atoms with Crippen LogP contribution in [0.2, 0.25) is 0 Å². The van der Waals surface area contributed by atoms with Crippen molar-refractivity contribution in [3.05, 3.63) is 77.6 Å². The molecule has 2 aromatic carbocycles. The number of aromatic nitrogens is 2. The molecule has 2 unspecified atom stereocenters. The van der Waals surface area contributed by atoms with Crippen molar-refractivity contribution in [1.29, 1.82) is 0 Å². The first-order valence-electron chi connectivity index (χ1n) is 12.8. The lowest BCUT2D eigenvalue weighted by atomic mass is 9.81. The van der Waals surface area contributed by atoms with Crippen LogP contribution in [-0.4, -0.2) is 72.7 Å². The van der Waals surface area contributed by atoms with Gasteiger partial charge in [-0.1, -0.05) is 48.5 Å². The first-order chi connectivity index (χ1) is 18.0. The van der Waals surface area contributed by atoms with Gasteiger partial charge in [0.05, 0.1) is 30.9 Å². The number of ketones is 1. The van der Waals surface area contributed by atoms with Crippen molar-refractivity contribution in [3.63, 3.8) is 0 Å². The zero-order valence-corrected chi connectivity index (χ0v) is 21.0. The summed E-state index contributed by atoms with van der Waals surface area (Å²) in [6.07, 6.45) is 3.93. The minimum atomic E-state index is -0.329. The number of ether oxygens (including phenoxy) is 2. The van der Waals surface area contributed by atoms with Crippen molar-refractivity contribution in [1.82, 2.24) is 14.9 Å². The van der Waals surface area contributed by atoms with E-state index in [1.807, 2.05) is 43.3 Å². The fraction of sp³-hybridized carbons (Fsp3) is 0.379. The highest BCUT2D eigenvalue weighted by Crippen LogP contribution is 2.44. The van der Waals surface area contributed by atoms with Gasteiger partial charge in [0.15, 0.2) is 5.78 Å². The number of benzene rings is 2. The SMILES string of the molecule is CN(C)c1ncc(C(=O)C2CC3COCC(C2)N3C(=O)OCC2c3ccccc3-c3ccccc32)cn1. The van der Waals surface area contributed by atoms with Gasteiger partial charge >= 0.3 is 6.09 Å². The van der Waals surface area contributed by atoms with Crippen LogP contribution in [0.25, 0.3) is 11.1 Å². The minimum absolute atomic E-state index is 0.0108. The standard InChI is InChI=1S/C29H30N4O4/c1-32(2)28-30-13-19(14-31-28)27(34)18-11-20-15-36-16-21(12-18)33(20)29(35)37-17-26-24-9-5-3-7-22(24)23-8-4-6-10-25(23)26/h3-10,13-14,18,20-21,26H,11-12,15-17H2,1-2H3. The molecule has 1 aromatic heterocycles. The van der Waals surface area contributed by atoms with E-state index in [-0.39, 0.29) is 42.4 Å². The van der Waals surface area contributed by atoms with Crippen molar-refractivity contribution >= 4 is 17.8 Å². The maximum absolute atomic E-state index is 13.4. The van der Waals surface area contributed by atoms with E-state index in [1.54, 1.807) is 17.3 Å². The van der Waals surface area contributed by atoms with Crippen molar-refractivity contribution in [2.75, 3.05) is 38.8 Å². The summed E-state index contributed by atoms with van der Waals surface area (Å²) in [5.74, 6) is 0.392. The molecule has 8 nitrogen and oxygen atoms in total. The summed E-state index contributed by atoms with van der Waals surface area (Å²) in [4.78, 5) is 38.8. The van der Waals surface area contributed by atoms with Gasteiger partial charge in [0.2, 0.25) is 5.95 Å². The largest absolute Gasteiger partial charge is 0.448 e. The topological polar surface area (TPSA) is 84.9 Å². The van der Waals surface area contributed by atoms with E-state index in [0.29, 0.717) is 37.6 Å². The number of carbonyl (C=O) groups excluding carboxylic acids is 2. The number of morpholine rings is 1. The van der Waals surface area contributed by atoms with Gasteiger partial charge in [-0.3, -0.25) is 9.69 Å². The molecular formula is C29H30N4O4. The van der Waals surface area contributed by atoms with Gasteiger partial charge in [0.1, 0.15) is 6.61 Å². The zero-order chi connectivity index (χ0) is 25.5. The minimum Gasteiger partial charge on any atom is -0.448 e. The lowest BCUT2D eigenvalue weighted by Gasteiger charge is -2.47. The third-order valence-corrected chi connectivity index (χ3v) is 7.76. The Labute approximate surface area is 216 Å². The second-order valence-corrected chi connectivity index (χ2v) is 10.3. The van der Waals surface area contributed by atoms with Gasteiger partial charge in [-0.15, -0.1) is 0 Å². The van der Waals surface area contributed by atoms with E-state index in [2.05, 4.69) is 34.2 Å². The Hall–Kier alpha value is -3.78. The number of piperidine rings is 1. The summed E-state index contributed by atoms with van der Waals surface area (Å²) in [5.41, 5.74) is 5.28. The quantitative estimate of drug-likeness (QED) is 0.489. The Morgan fingerprint density at radius 3 is 2.08 bits per heavy atom. The number of nitrogens with zero attached hydrogens (tertiary/aromatic N) is 4. The Morgan fingerprint density at radius 1 is 0.946 bits per heavy atom. The summed E-state index contributed by atoms with van der Waals surface area (Å²) in [7, 11) is 3.72. The summed E-state index contributed by atoms with van der Waals surface area (Å²) >= 11 is 0. The van der Waals surface area contributed by atoms with E-state index in [0.717, 1.165) is 0 Å². The molecule has 2 aliphatic heterocycles. The molecule has 2 bridgehead atoms. The fourth-order valence-electron chi connectivity index (χ4n) is 6.01. The van der Waals surface area contributed by atoms with Crippen LogP contribution in [0.15, 0.2) is 60.9 Å². The highest BCUT2D eigenvalue weighted by molar-refractivity contribution is 5.97. The van der Waals surface area contributed by atoms with Crippen molar-refractivity contribution in [2.45, 2.75) is 30.8 Å². The zero-order valence-electron chi connectivity index (χ0n) is 21.0. The van der Waals surface area contributed by atoms with Gasteiger partial charge in [-0.25, -0.2) is 14.8 Å². The first-order valence-corrected chi connectivity index (χ1v) is 12.8. The molecule has 3 aliphatic rings. The Bertz CT molecular complexity index is 1270. The molecule has 3 heterocycles. The van der Waals surface area contributed by atoms with Crippen LogP contribution in [0.4, 0.5) is 10.7 Å². The molecule has 0 radical (unpaired) electrons. The third-order valence-electron chi connectivity index (χ3n) is 7.76. The predicted octanol–water partition coefficient (Wildman–Crippen LogP) is 4.15. The number of fused-ring (bicyclic) bond motifs is 5. The van der Waals surface area contributed by atoms with Crippen molar-refractivity contribution in [3.8, 4) is 11.1 Å². The molecule has 1 aliphatic carbocycles. The van der Waals surface area contributed by atoms with Crippen LogP contribution in [0.1, 0.15) is 40.2 Å². The number of Topliss-reactive ketones (excluding diaryl/α,β-unsaturated/α-hetero) is 1. The lowest BCUT2D eigenvalue weighted by molar-refractivity contribution is -0.0747. The normalized spacial score (nSPS) is 22.2. The molecule has 0 saturated carbocycles. The van der Waals surface area contributed by atoms with Gasteiger partial charge in [0.25, 0.3) is 0 Å². The summed E-state index contributed by atoms with van der Waals surface area (Å²) < 4.78 is 11.7. The first kappa shape index (κ1) is 23.6. The van der Waals surface area contributed by atoms with Crippen LogP contribution in [0, 0.1) is 5.92 Å². The van der Waals surface area contributed by atoms with Crippen LogP contribution >= 0.6 is 0 Å². The number of anilines is 1. The lowest BCUT2D eigenvalue weighted by Crippen LogP contribution is -2.60. The van der Waals surface area contributed by atoms with Crippen LogP contribution in [0.3, 0.4) is 0 Å². The maximum Gasteiger partial charge on any atom is 0.410 e. The summed E-state index contributed by atoms with van der Waals surface area (Å²) in [6.45, 7) is 1.09. The average molecular weight is 499 g/mol. The average Bonchev–Trinajstić information content (AvgIpc) is 3.24. The molecule has 3 aromatic rings. The van der Waals surface area contributed by atoms with Gasteiger partial charge in [-0.05, 0) is 35.1 Å². The van der Waals surface area contributed by atoms with Gasteiger partial charge < -0.3 is 14.4 Å². The van der Waals surface area contributed by atoms with E-state index in [1.165, 1.54) is 22.3 Å². The van der Waals surface area contributed by atoms with Gasteiger partial charge in [-0.2, -0.15) is 0 Å². The molecule has 190 valence electrons. The second kappa shape index (κ2) is 9.59. The molecule has 0 spiro atoms. The van der Waals surface area contributed by atoms with Crippen LogP contribution in [-0.2, 0) is 9.47 Å². The Kier molecular flexibility index (Phi) is 6.12. The number of rotatable bonds is 5. The van der Waals surface area contributed by atoms with E-state index in [9.17, 15) is 9.59 Å². The molecule has 2 saturated heterocycles. The van der Waals surface area contributed by atoms with E-state index in [4.69, 9.17) is 9.47 Å². The molecule has 37 heavy (non-hydrogen) atoms. The predicted molar refractivity (Wildman–Crippen MR) is 139 cm³/mol. The number of carbonyl (C=O) groups is 2. The highest BCUT2D eigenvalue weighted by atomic mass is 16.6. The summed E-state index contributed by atoms with van der Waals surface area (Å²) in [6, 6.07) is 16.2. The molecule has 0 N–H and O–H groups in total. The molecule has 1 amide bonds. The van der Waals surface area contributed by atoms with E-state index < -0.39 is 0 Å². The molecular weight excluding hydrogens is 468 g/mol. The number of amides is 1. The highest BCUT2D eigenvalue weighted by Gasteiger charge is 2.45. The molecule has 8 heteroatoms. The fourth-order valence-corrected chi connectivity index (χ4v) is 6.01. The smallest absolute Gasteiger partial charge is 0.410 e. The van der Waals surface area contributed by atoms with E-state index >= 15 is 0 Å². The maximum atomic E-state index is 13.4. The monoisotopic (exact) mass is 498 g/mol. The molecule has 2 atom stereocenters. The summed E-state index contributed by atoms with van der Waals surface area (Å²) in [5, 5.41) is 0. The van der Waals surface area contributed by atoms with Crippen LogP contribution < -0.4 is 4.90 Å². The van der Waals surface area contributed by atoms with Crippen LogP contribution in [0.5, 0.6) is 0 Å². The Morgan fingerprint density at radius 2 is 1.51 bits per heavy atom. The van der Waals surface area contributed by atoms with Gasteiger partial charge in [0, 0.05) is 38.3 Å². The van der Waals surface area contributed by atoms with Crippen molar-refractivity contribution in [2.24, 2.45) is 5.92 Å². The molecule has 6 rings (SSSR count). The number of hydrogen-bond acceptors (Lipinski definition) is 7. The second-order valence-electron chi connectivity index (χ2n) is 10.3. The number of hydrogen-bond donors (Lipinski definition) is 0. The Balaban J connectivity index is 1.14. The van der Waals surface area contributed by atoms with Crippen molar-refractivity contribution < 1.29 is 19.1 Å². The third kappa shape index (κ3) is 4.25.